The molecule has 0 unspecified atom stereocenters. The number of hydrogen-bond acceptors (Lipinski definition) is 6. The highest BCUT2D eigenvalue weighted by molar-refractivity contribution is 5.95. The number of urea groups is 1. The van der Waals surface area contributed by atoms with Gasteiger partial charge in [-0.2, -0.15) is 0 Å². The van der Waals surface area contributed by atoms with E-state index < -0.39 is 11.9 Å². The van der Waals surface area contributed by atoms with E-state index in [9.17, 15) is 9.59 Å². The molecule has 0 aromatic heterocycles. The van der Waals surface area contributed by atoms with Gasteiger partial charge in [-0.15, -0.1) is 0 Å². The number of amides is 3. The maximum Gasteiger partial charge on any atom is 0.333 e. The standard InChI is InChI=1S/C21H35N5O4/c1-16(2)30-18-8-7-17(15-19(18)29-4)20(27)23-24-21(28)22-9-5-6-10-26-13-11-25(3)12-14-26/h7-8,15-16H,5-6,9-14H2,1-4H3,(H,23,27)(H2,22,24,28). The molecule has 1 aromatic rings. The second-order valence-corrected chi connectivity index (χ2v) is 7.72. The molecule has 9 heteroatoms. The number of hydrazine groups is 1. The van der Waals surface area contributed by atoms with Crippen LogP contribution in [0.1, 0.15) is 37.0 Å². The third-order valence-electron chi connectivity index (χ3n) is 4.86. The molecule has 0 atom stereocenters. The lowest BCUT2D eigenvalue weighted by Gasteiger charge is -2.32. The van der Waals surface area contributed by atoms with Crippen molar-refractivity contribution in [1.82, 2.24) is 26.0 Å². The first-order valence-electron chi connectivity index (χ1n) is 10.5. The van der Waals surface area contributed by atoms with Crippen LogP contribution in [0.3, 0.4) is 0 Å². The summed E-state index contributed by atoms with van der Waals surface area (Å²) in [5.41, 5.74) is 5.13. The Balaban J connectivity index is 1.65. The largest absolute Gasteiger partial charge is 0.493 e. The van der Waals surface area contributed by atoms with Crippen molar-refractivity contribution in [1.29, 1.82) is 0 Å². The summed E-state index contributed by atoms with van der Waals surface area (Å²) >= 11 is 0. The van der Waals surface area contributed by atoms with Crippen LogP contribution >= 0.6 is 0 Å². The molecule has 1 aliphatic heterocycles. The third-order valence-corrected chi connectivity index (χ3v) is 4.86. The van der Waals surface area contributed by atoms with Crippen molar-refractivity contribution in [3.05, 3.63) is 23.8 Å². The Morgan fingerprint density at radius 3 is 2.47 bits per heavy atom. The molecule has 0 spiro atoms. The molecule has 3 amide bonds. The quantitative estimate of drug-likeness (QED) is 0.413. The first kappa shape index (κ1) is 23.8. The molecule has 1 fully saturated rings. The molecule has 0 aliphatic carbocycles. The normalized spacial score (nSPS) is 15.0. The highest BCUT2D eigenvalue weighted by Gasteiger charge is 2.14. The summed E-state index contributed by atoms with van der Waals surface area (Å²) in [6.45, 7) is 9.86. The third kappa shape index (κ3) is 8.08. The predicted octanol–water partition coefficient (Wildman–Crippen LogP) is 1.45. The molecular weight excluding hydrogens is 386 g/mol. The molecule has 0 bridgehead atoms. The summed E-state index contributed by atoms with van der Waals surface area (Å²) < 4.78 is 10.9. The van der Waals surface area contributed by atoms with Crippen molar-refractivity contribution in [2.75, 3.05) is 53.4 Å². The minimum atomic E-state index is -0.436. The van der Waals surface area contributed by atoms with Gasteiger partial charge in [0.2, 0.25) is 0 Å². The molecule has 2 rings (SSSR count). The molecular formula is C21H35N5O4. The average molecular weight is 422 g/mol. The van der Waals surface area contributed by atoms with Gasteiger partial charge in [0.05, 0.1) is 13.2 Å². The second-order valence-electron chi connectivity index (χ2n) is 7.72. The van der Waals surface area contributed by atoms with Crippen LogP contribution in [-0.2, 0) is 0 Å². The first-order valence-corrected chi connectivity index (χ1v) is 10.5. The second kappa shape index (κ2) is 12.2. The van der Waals surface area contributed by atoms with Gasteiger partial charge in [-0.1, -0.05) is 0 Å². The van der Waals surface area contributed by atoms with Gasteiger partial charge in [0.15, 0.2) is 11.5 Å². The van der Waals surface area contributed by atoms with E-state index in [-0.39, 0.29) is 6.10 Å². The molecule has 1 heterocycles. The van der Waals surface area contributed by atoms with E-state index in [1.807, 2.05) is 13.8 Å². The van der Waals surface area contributed by atoms with Crippen LogP contribution in [-0.4, -0.2) is 81.3 Å². The Kier molecular flexibility index (Phi) is 9.69. The zero-order chi connectivity index (χ0) is 21.9. The van der Waals surface area contributed by atoms with Crippen molar-refractivity contribution in [2.45, 2.75) is 32.8 Å². The van der Waals surface area contributed by atoms with Crippen molar-refractivity contribution in [2.24, 2.45) is 0 Å². The summed E-state index contributed by atoms with van der Waals surface area (Å²) in [7, 11) is 3.66. The van der Waals surface area contributed by atoms with Crippen molar-refractivity contribution >= 4 is 11.9 Å². The van der Waals surface area contributed by atoms with Gasteiger partial charge in [-0.25, -0.2) is 10.2 Å². The lowest BCUT2D eigenvalue weighted by molar-refractivity contribution is 0.0936. The maximum absolute atomic E-state index is 12.3. The summed E-state index contributed by atoms with van der Waals surface area (Å²) in [6, 6.07) is 4.43. The van der Waals surface area contributed by atoms with E-state index in [0.717, 1.165) is 45.6 Å². The minimum Gasteiger partial charge on any atom is -0.493 e. The van der Waals surface area contributed by atoms with Crippen LogP contribution in [0.4, 0.5) is 4.79 Å². The summed E-state index contributed by atoms with van der Waals surface area (Å²) in [5.74, 6) is 0.585. The number of unbranched alkanes of at least 4 members (excludes halogenated alkanes) is 1. The van der Waals surface area contributed by atoms with E-state index in [1.165, 1.54) is 7.11 Å². The topological polar surface area (TPSA) is 95.2 Å². The average Bonchev–Trinajstić information content (AvgIpc) is 2.73. The van der Waals surface area contributed by atoms with Crippen LogP contribution in [0, 0.1) is 0 Å². The van der Waals surface area contributed by atoms with Gasteiger partial charge in [-0.3, -0.25) is 10.2 Å². The molecule has 0 saturated carbocycles. The van der Waals surface area contributed by atoms with E-state index in [0.29, 0.717) is 23.6 Å². The fourth-order valence-corrected chi connectivity index (χ4v) is 3.12. The Morgan fingerprint density at radius 2 is 1.80 bits per heavy atom. The maximum atomic E-state index is 12.3. The molecule has 1 aliphatic rings. The molecule has 1 saturated heterocycles. The Labute approximate surface area is 179 Å². The number of benzene rings is 1. The minimum absolute atomic E-state index is 0.00880. The highest BCUT2D eigenvalue weighted by Crippen LogP contribution is 2.28. The van der Waals surface area contributed by atoms with Gasteiger partial charge < -0.3 is 24.6 Å². The number of rotatable bonds is 9. The van der Waals surface area contributed by atoms with Gasteiger partial charge in [0.25, 0.3) is 5.91 Å². The fraction of sp³-hybridized carbons (Fsp3) is 0.619. The van der Waals surface area contributed by atoms with Crippen LogP contribution in [0.5, 0.6) is 11.5 Å². The fourth-order valence-electron chi connectivity index (χ4n) is 3.12. The Bertz CT molecular complexity index is 690. The van der Waals surface area contributed by atoms with Gasteiger partial charge in [0.1, 0.15) is 0 Å². The monoisotopic (exact) mass is 421 g/mol. The molecule has 30 heavy (non-hydrogen) atoms. The smallest absolute Gasteiger partial charge is 0.333 e. The zero-order valence-corrected chi connectivity index (χ0v) is 18.5. The number of nitrogens with zero attached hydrogens (tertiary/aromatic N) is 2. The predicted molar refractivity (Wildman–Crippen MR) is 116 cm³/mol. The number of carbonyl (C=O) groups excluding carboxylic acids is 2. The van der Waals surface area contributed by atoms with Crippen LogP contribution in [0.2, 0.25) is 0 Å². The summed E-state index contributed by atoms with van der Waals surface area (Å²) in [5, 5.41) is 2.75. The number of carbonyl (C=O) groups is 2. The van der Waals surface area contributed by atoms with Crippen molar-refractivity contribution in [3.8, 4) is 11.5 Å². The van der Waals surface area contributed by atoms with E-state index in [4.69, 9.17) is 9.47 Å². The van der Waals surface area contributed by atoms with E-state index in [1.54, 1.807) is 18.2 Å². The number of nitrogens with one attached hydrogen (secondary N) is 3. The Morgan fingerprint density at radius 1 is 1.07 bits per heavy atom. The SMILES string of the molecule is COc1cc(C(=O)NNC(=O)NCCCCN2CCN(C)CC2)ccc1OC(C)C. The van der Waals surface area contributed by atoms with Crippen LogP contribution in [0.25, 0.3) is 0 Å². The molecule has 3 N–H and O–H groups in total. The lowest BCUT2D eigenvalue weighted by Crippen LogP contribution is -2.47. The molecule has 9 nitrogen and oxygen atoms in total. The number of piperazine rings is 1. The number of likely N-dealkylation sites (N-methyl/N-ethyl adjacent to an activating group) is 1. The zero-order valence-electron chi connectivity index (χ0n) is 18.5. The number of hydrogen-bond donors (Lipinski definition) is 3. The van der Waals surface area contributed by atoms with Crippen LogP contribution in [0.15, 0.2) is 18.2 Å². The van der Waals surface area contributed by atoms with Crippen molar-refractivity contribution < 1.29 is 19.1 Å². The first-order chi connectivity index (χ1) is 14.4. The van der Waals surface area contributed by atoms with Crippen LogP contribution < -0.4 is 25.6 Å². The van der Waals surface area contributed by atoms with Gasteiger partial charge in [0, 0.05) is 38.3 Å². The summed E-state index contributed by atoms with van der Waals surface area (Å²) in [6.07, 6.45) is 1.91. The highest BCUT2D eigenvalue weighted by atomic mass is 16.5. The van der Waals surface area contributed by atoms with Gasteiger partial charge >= 0.3 is 6.03 Å². The van der Waals surface area contributed by atoms with E-state index in [2.05, 4.69) is 33.0 Å². The number of methoxy groups -OCH3 is 1. The van der Waals surface area contributed by atoms with Crippen molar-refractivity contribution in [3.63, 3.8) is 0 Å². The molecule has 0 radical (unpaired) electrons. The lowest BCUT2D eigenvalue weighted by atomic mass is 10.2. The Hall–Kier alpha value is -2.52. The summed E-state index contributed by atoms with van der Waals surface area (Å²) in [4.78, 5) is 28.9. The number of ether oxygens (including phenoxy) is 2. The van der Waals surface area contributed by atoms with Gasteiger partial charge in [-0.05, 0) is 58.5 Å². The van der Waals surface area contributed by atoms with E-state index >= 15 is 0 Å². The molecule has 1 aromatic carbocycles. The molecule has 168 valence electrons.